The molecule has 0 aliphatic rings. The lowest BCUT2D eigenvalue weighted by Gasteiger charge is -2.16. The van der Waals surface area contributed by atoms with Crippen LogP contribution in [-0.2, 0) is 10.0 Å². The number of hydrogen-bond acceptors (Lipinski definition) is 4. The molecule has 0 aromatic carbocycles. The Morgan fingerprint density at radius 1 is 1.41 bits per heavy atom. The first-order valence-corrected chi connectivity index (χ1v) is 7.02. The summed E-state index contributed by atoms with van der Waals surface area (Å²) in [6, 6.07) is 1.47. The quantitative estimate of drug-likeness (QED) is 0.831. The van der Waals surface area contributed by atoms with Gasteiger partial charge in [-0.15, -0.1) is 0 Å². The summed E-state index contributed by atoms with van der Waals surface area (Å²) in [5.41, 5.74) is 5.83. The van der Waals surface area contributed by atoms with Crippen molar-refractivity contribution < 1.29 is 8.42 Å². The predicted octanol–water partition coefficient (Wildman–Crippen LogP) is 1.23. The van der Waals surface area contributed by atoms with Crippen LogP contribution in [-0.4, -0.2) is 19.9 Å². The highest BCUT2D eigenvalue weighted by atomic mass is 32.2. The van der Waals surface area contributed by atoms with Gasteiger partial charge < -0.3 is 5.73 Å². The van der Waals surface area contributed by atoms with E-state index in [4.69, 9.17) is 5.73 Å². The second-order valence-corrected chi connectivity index (χ2v) is 6.22. The summed E-state index contributed by atoms with van der Waals surface area (Å²) in [7, 11) is -3.56. The lowest BCUT2D eigenvalue weighted by atomic mass is 9.99. The van der Waals surface area contributed by atoms with Gasteiger partial charge in [0.2, 0.25) is 10.0 Å². The average molecular weight is 257 g/mol. The zero-order chi connectivity index (χ0) is 13.1. The molecule has 0 aliphatic carbocycles. The summed E-state index contributed by atoms with van der Waals surface area (Å²) in [6.45, 7) is 6.50. The highest BCUT2D eigenvalue weighted by Crippen LogP contribution is 2.16. The van der Waals surface area contributed by atoms with Crippen molar-refractivity contribution in [2.75, 3.05) is 12.3 Å². The van der Waals surface area contributed by atoms with Gasteiger partial charge in [0, 0.05) is 18.9 Å². The Morgan fingerprint density at radius 2 is 2.06 bits per heavy atom. The molecule has 1 heterocycles. The zero-order valence-electron chi connectivity index (χ0n) is 10.3. The third kappa shape index (κ3) is 3.67. The number of nitrogens with two attached hydrogens (primary N) is 1. The molecule has 1 rings (SSSR count). The predicted molar refractivity (Wildman–Crippen MR) is 67.8 cm³/mol. The summed E-state index contributed by atoms with van der Waals surface area (Å²) < 4.78 is 26.4. The van der Waals surface area contributed by atoms with Crippen molar-refractivity contribution >= 4 is 15.7 Å². The maximum Gasteiger partial charge on any atom is 0.244 e. The second-order valence-electron chi connectivity index (χ2n) is 4.49. The molecular formula is C11H19N3O2S. The third-order valence-corrected chi connectivity index (χ3v) is 4.31. The molecule has 1 unspecified atom stereocenters. The Balaban J connectivity index is 2.80. The maximum atomic E-state index is 11.9. The molecule has 0 bridgehead atoms. The maximum absolute atomic E-state index is 11.9. The molecule has 1 atom stereocenters. The molecule has 5 nitrogen and oxygen atoms in total. The van der Waals surface area contributed by atoms with Crippen LogP contribution >= 0.6 is 0 Å². The average Bonchev–Trinajstić information content (AvgIpc) is 2.26. The number of anilines is 1. The molecule has 0 saturated heterocycles. The number of sulfonamides is 1. The molecular weight excluding hydrogens is 238 g/mol. The fourth-order valence-corrected chi connectivity index (χ4v) is 2.39. The number of pyridine rings is 1. The van der Waals surface area contributed by atoms with Crippen LogP contribution in [0.1, 0.15) is 20.8 Å². The smallest absolute Gasteiger partial charge is 0.244 e. The minimum atomic E-state index is -3.56. The fraction of sp³-hybridized carbons (Fsp3) is 0.545. The van der Waals surface area contributed by atoms with Crippen LogP contribution in [0.5, 0.6) is 0 Å². The Kier molecular flexibility index (Phi) is 4.47. The van der Waals surface area contributed by atoms with Gasteiger partial charge in [-0.2, -0.15) is 0 Å². The lowest BCUT2D eigenvalue weighted by Crippen LogP contribution is -2.30. The molecule has 0 amide bonds. The van der Waals surface area contributed by atoms with E-state index in [0.29, 0.717) is 12.5 Å². The van der Waals surface area contributed by atoms with Gasteiger partial charge in [0.05, 0.1) is 5.69 Å². The number of hydrogen-bond donors (Lipinski definition) is 2. The van der Waals surface area contributed by atoms with E-state index in [1.54, 1.807) is 0 Å². The highest BCUT2D eigenvalue weighted by molar-refractivity contribution is 7.89. The van der Waals surface area contributed by atoms with Crippen LogP contribution in [0.3, 0.4) is 0 Å². The van der Waals surface area contributed by atoms with Crippen molar-refractivity contribution in [3.05, 3.63) is 18.5 Å². The van der Waals surface area contributed by atoms with E-state index in [-0.39, 0.29) is 16.5 Å². The lowest BCUT2D eigenvalue weighted by molar-refractivity contribution is 0.414. The number of nitrogens with zero attached hydrogens (tertiary/aromatic N) is 1. The fourth-order valence-electron chi connectivity index (χ4n) is 1.17. The summed E-state index contributed by atoms with van der Waals surface area (Å²) in [4.78, 5) is 3.81. The zero-order valence-corrected chi connectivity index (χ0v) is 11.2. The second kappa shape index (κ2) is 5.46. The van der Waals surface area contributed by atoms with Gasteiger partial charge in [-0.1, -0.05) is 20.8 Å². The molecule has 96 valence electrons. The Morgan fingerprint density at radius 3 is 2.59 bits per heavy atom. The number of rotatable bonds is 5. The van der Waals surface area contributed by atoms with Crippen LogP contribution in [0.25, 0.3) is 0 Å². The number of aromatic nitrogens is 1. The van der Waals surface area contributed by atoms with E-state index in [1.807, 2.05) is 6.92 Å². The van der Waals surface area contributed by atoms with Crippen molar-refractivity contribution in [3.63, 3.8) is 0 Å². The SMILES string of the molecule is CC(C)C(C)CNS(=O)(=O)c1cnccc1N. The van der Waals surface area contributed by atoms with E-state index in [0.717, 1.165) is 0 Å². The van der Waals surface area contributed by atoms with Crippen molar-refractivity contribution in [2.24, 2.45) is 11.8 Å². The molecule has 1 aromatic rings. The molecule has 0 radical (unpaired) electrons. The van der Waals surface area contributed by atoms with Crippen molar-refractivity contribution in [2.45, 2.75) is 25.7 Å². The summed E-state index contributed by atoms with van der Waals surface area (Å²) >= 11 is 0. The van der Waals surface area contributed by atoms with Crippen LogP contribution < -0.4 is 10.5 Å². The molecule has 0 aliphatic heterocycles. The highest BCUT2D eigenvalue weighted by Gasteiger charge is 2.18. The van der Waals surface area contributed by atoms with E-state index >= 15 is 0 Å². The van der Waals surface area contributed by atoms with Gasteiger partial charge in [0.15, 0.2) is 0 Å². The van der Waals surface area contributed by atoms with Gasteiger partial charge in [-0.05, 0) is 17.9 Å². The number of nitrogen functional groups attached to an aromatic ring is 1. The summed E-state index contributed by atoms with van der Waals surface area (Å²) in [5, 5.41) is 0. The molecule has 1 aromatic heterocycles. The first-order valence-electron chi connectivity index (χ1n) is 5.53. The van der Waals surface area contributed by atoms with E-state index in [1.165, 1.54) is 18.5 Å². The monoisotopic (exact) mass is 257 g/mol. The first kappa shape index (κ1) is 13.9. The van der Waals surface area contributed by atoms with E-state index < -0.39 is 10.0 Å². The van der Waals surface area contributed by atoms with Crippen molar-refractivity contribution in [3.8, 4) is 0 Å². The largest absolute Gasteiger partial charge is 0.398 e. The summed E-state index contributed by atoms with van der Waals surface area (Å²) in [6.07, 6.45) is 2.73. The molecule has 0 saturated carbocycles. The van der Waals surface area contributed by atoms with Crippen LogP contribution in [0, 0.1) is 11.8 Å². The van der Waals surface area contributed by atoms with Crippen LogP contribution in [0.2, 0.25) is 0 Å². The number of nitrogens with one attached hydrogen (secondary N) is 1. The Bertz CT molecular complexity index is 471. The van der Waals surface area contributed by atoms with Gasteiger partial charge in [0.1, 0.15) is 4.90 Å². The van der Waals surface area contributed by atoms with Gasteiger partial charge in [-0.25, -0.2) is 13.1 Å². The van der Waals surface area contributed by atoms with Crippen LogP contribution in [0.15, 0.2) is 23.4 Å². The minimum Gasteiger partial charge on any atom is -0.398 e. The first-order chi connectivity index (χ1) is 7.84. The van der Waals surface area contributed by atoms with E-state index in [2.05, 4.69) is 23.6 Å². The minimum absolute atomic E-state index is 0.0379. The summed E-state index contributed by atoms with van der Waals surface area (Å²) in [5.74, 6) is 0.687. The standard InChI is InChI=1S/C11H19N3O2S/c1-8(2)9(3)6-14-17(15,16)11-7-13-5-4-10(11)12/h4-5,7-9,14H,6H2,1-3H3,(H2,12,13). The molecule has 6 heteroatoms. The molecule has 0 fully saturated rings. The van der Waals surface area contributed by atoms with Crippen molar-refractivity contribution in [1.82, 2.24) is 9.71 Å². The molecule has 17 heavy (non-hydrogen) atoms. The Hall–Kier alpha value is -1.14. The van der Waals surface area contributed by atoms with Gasteiger partial charge in [-0.3, -0.25) is 4.98 Å². The van der Waals surface area contributed by atoms with E-state index in [9.17, 15) is 8.42 Å². The van der Waals surface area contributed by atoms with Gasteiger partial charge >= 0.3 is 0 Å². The van der Waals surface area contributed by atoms with Crippen LogP contribution in [0.4, 0.5) is 5.69 Å². The van der Waals surface area contributed by atoms with Gasteiger partial charge in [0.25, 0.3) is 0 Å². The molecule has 3 N–H and O–H groups in total. The normalized spacial score (nSPS) is 13.9. The third-order valence-electron chi connectivity index (χ3n) is 2.84. The topological polar surface area (TPSA) is 85.1 Å². The molecule has 0 spiro atoms. The Labute approximate surface area is 102 Å². The van der Waals surface area contributed by atoms with Crippen molar-refractivity contribution in [1.29, 1.82) is 0 Å².